The molecule has 0 radical (unpaired) electrons. The summed E-state index contributed by atoms with van der Waals surface area (Å²) in [6.07, 6.45) is 1.03. The molecule has 0 aliphatic heterocycles. The maximum atomic E-state index is 12.1. The molecule has 0 fully saturated rings. The van der Waals surface area contributed by atoms with E-state index in [-0.39, 0.29) is 6.61 Å². The number of carbonyl (C=O) groups excluding carboxylic acids is 1. The summed E-state index contributed by atoms with van der Waals surface area (Å²) in [5.74, 6) is -0.590. The van der Waals surface area contributed by atoms with Crippen LogP contribution in [0.1, 0.15) is 35.2 Å². The molecule has 1 N–H and O–H groups in total. The molecule has 0 saturated heterocycles. The first kappa shape index (κ1) is 16.7. The minimum Gasteiger partial charge on any atom is -0.465 e. The molecule has 0 bridgehead atoms. The van der Waals surface area contributed by atoms with Gasteiger partial charge in [0.2, 0.25) is 10.0 Å². The first-order valence-electron chi connectivity index (χ1n) is 6.37. The molecular formula is C14H21NO4S. The molecule has 0 aliphatic rings. The van der Waals surface area contributed by atoms with Gasteiger partial charge in [-0.25, -0.2) is 13.2 Å². The van der Waals surface area contributed by atoms with Crippen molar-refractivity contribution in [3.63, 3.8) is 0 Å². The van der Waals surface area contributed by atoms with Crippen LogP contribution in [0.4, 0.5) is 0 Å². The van der Waals surface area contributed by atoms with Gasteiger partial charge in [0, 0.05) is 0 Å². The highest BCUT2D eigenvalue weighted by Crippen LogP contribution is 2.25. The van der Waals surface area contributed by atoms with Crippen molar-refractivity contribution < 1.29 is 17.9 Å². The van der Waals surface area contributed by atoms with Gasteiger partial charge in [0.1, 0.15) is 6.04 Å². The van der Waals surface area contributed by atoms with Crippen LogP contribution in [0.3, 0.4) is 0 Å². The summed E-state index contributed by atoms with van der Waals surface area (Å²) < 4.78 is 30.3. The van der Waals surface area contributed by atoms with E-state index in [2.05, 4.69) is 4.72 Å². The molecule has 0 saturated carbocycles. The fourth-order valence-corrected chi connectivity index (χ4v) is 2.95. The van der Waals surface area contributed by atoms with E-state index in [1.54, 1.807) is 6.92 Å². The number of sulfonamides is 1. The average molecular weight is 299 g/mol. The van der Waals surface area contributed by atoms with Crippen molar-refractivity contribution in [3.05, 3.63) is 34.4 Å². The highest BCUT2D eigenvalue weighted by molar-refractivity contribution is 7.88. The zero-order valence-corrected chi connectivity index (χ0v) is 13.3. The van der Waals surface area contributed by atoms with Crippen LogP contribution in [0, 0.1) is 20.8 Å². The number of aryl methyl sites for hydroxylation is 3. The molecule has 5 nitrogen and oxygen atoms in total. The molecule has 0 aliphatic carbocycles. The zero-order valence-electron chi connectivity index (χ0n) is 12.5. The quantitative estimate of drug-likeness (QED) is 0.841. The Morgan fingerprint density at radius 2 is 1.75 bits per heavy atom. The largest absolute Gasteiger partial charge is 0.465 e. The van der Waals surface area contributed by atoms with E-state index in [1.165, 1.54) is 0 Å². The van der Waals surface area contributed by atoms with Crippen molar-refractivity contribution >= 4 is 16.0 Å². The first-order chi connectivity index (χ1) is 9.15. The molecule has 0 heterocycles. The molecule has 0 amide bonds. The van der Waals surface area contributed by atoms with Gasteiger partial charge >= 0.3 is 5.97 Å². The van der Waals surface area contributed by atoms with Gasteiger partial charge in [0.15, 0.2) is 0 Å². The summed E-state index contributed by atoms with van der Waals surface area (Å²) in [5, 5.41) is 0. The molecule has 0 spiro atoms. The summed E-state index contributed by atoms with van der Waals surface area (Å²) in [6.45, 7) is 7.54. The maximum absolute atomic E-state index is 12.1. The zero-order chi connectivity index (χ0) is 15.5. The van der Waals surface area contributed by atoms with Crippen molar-refractivity contribution in [2.24, 2.45) is 0 Å². The molecule has 1 aromatic carbocycles. The molecule has 0 aromatic heterocycles. The van der Waals surface area contributed by atoms with Crippen LogP contribution in [0.25, 0.3) is 0 Å². The number of esters is 1. The summed E-state index contributed by atoms with van der Waals surface area (Å²) in [5.41, 5.74) is 3.43. The predicted molar refractivity (Wildman–Crippen MR) is 78.0 cm³/mol. The topological polar surface area (TPSA) is 72.5 Å². The second kappa shape index (κ2) is 6.37. The third kappa shape index (κ3) is 4.31. The Labute approximate surface area is 120 Å². The summed E-state index contributed by atoms with van der Waals surface area (Å²) in [4.78, 5) is 12.1. The third-order valence-electron chi connectivity index (χ3n) is 2.88. The van der Waals surface area contributed by atoms with E-state index >= 15 is 0 Å². The second-order valence-electron chi connectivity index (χ2n) is 4.89. The van der Waals surface area contributed by atoms with Gasteiger partial charge in [-0.1, -0.05) is 17.7 Å². The Bertz CT molecular complexity index is 585. The second-order valence-corrected chi connectivity index (χ2v) is 6.67. The van der Waals surface area contributed by atoms with Crippen molar-refractivity contribution in [1.29, 1.82) is 0 Å². The van der Waals surface area contributed by atoms with Crippen molar-refractivity contribution in [3.8, 4) is 0 Å². The van der Waals surface area contributed by atoms with E-state index in [4.69, 9.17) is 4.74 Å². The molecule has 112 valence electrons. The number of hydrogen-bond donors (Lipinski definition) is 1. The lowest BCUT2D eigenvalue weighted by Gasteiger charge is -2.21. The van der Waals surface area contributed by atoms with Crippen molar-refractivity contribution in [1.82, 2.24) is 4.72 Å². The molecular weight excluding hydrogens is 278 g/mol. The van der Waals surface area contributed by atoms with E-state index in [1.807, 2.05) is 32.9 Å². The lowest BCUT2D eigenvalue weighted by atomic mass is 9.94. The van der Waals surface area contributed by atoms with Crippen molar-refractivity contribution in [2.45, 2.75) is 33.7 Å². The highest BCUT2D eigenvalue weighted by Gasteiger charge is 2.28. The minimum absolute atomic E-state index is 0.199. The molecule has 1 aromatic rings. The van der Waals surface area contributed by atoms with Gasteiger partial charge in [-0.15, -0.1) is 0 Å². The Hall–Kier alpha value is -1.40. The summed E-state index contributed by atoms with van der Waals surface area (Å²) in [7, 11) is -3.53. The fourth-order valence-electron chi connectivity index (χ4n) is 2.31. The lowest BCUT2D eigenvalue weighted by molar-refractivity contribution is -0.145. The van der Waals surface area contributed by atoms with Crippen LogP contribution in [-0.4, -0.2) is 27.2 Å². The van der Waals surface area contributed by atoms with E-state index in [0.29, 0.717) is 5.56 Å². The van der Waals surface area contributed by atoms with Gasteiger partial charge in [0.25, 0.3) is 0 Å². The summed E-state index contributed by atoms with van der Waals surface area (Å²) >= 11 is 0. The predicted octanol–water partition coefficient (Wildman–Crippen LogP) is 1.77. The van der Waals surface area contributed by atoms with Gasteiger partial charge < -0.3 is 4.74 Å². The number of benzene rings is 1. The molecule has 1 unspecified atom stereocenters. The maximum Gasteiger partial charge on any atom is 0.328 e. The third-order valence-corrected chi connectivity index (χ3v) is 3.54. The molecule has 20 heavy (non-hydrogen) atoms. The smallest absolute Gasteiger partial charge is 0.328 e. The molecule has 1 atom stereocenters. The van der Waals surface area contributed by atoms with E-state index < -0.39 is 22.0 Å². The highest BCUT2D eigenvalue weighted by atomic mass is 32.2. The first-order valence-corrected chi connectivity index (χ1v) is 8.26. The SMILES string of the molecule is CCOC(=O)C(NS(C)(=O)=O)c1c(C)cc(C)cc1C. The van der Waals surface area contributed by atoms with Gasteiger partial charge in [0.05, 0.1) is 12.9 Å². The number of rotatable bonds is 5. The standard InChI is InChI=1S/C14H21NO4S/c1-6-19-14(16)13(15-20(5,17)18)12-10(3)7-9(2)8-11(12)4/h7-8,13,15H,6H2,1-5H3. The monoisotopic (exact) mass is 299 g/mol. The average Bonchev–Trinajstić information content (AvgIpc) is 2.24. The normalized spacial score (nSPS) is 13.1. The van der Waals surface area contributed by atoms with E-state index in [9.17, 15) is 13.2 Å². The van der Waals surface area contributed by atoms with Crippen LogP contribution in [0.5, 0.6) is 0 Å². The molecule has 6 heteroatoms. The van der Waals surface area contributed by atoms with Crippen LogP contribution < -0.4 is 4.72 Å². The lowest BCUT2D eigenvalue weighted by Crippen LogP contribution is -2.35. The number of ether oxygens (including phenoxy) is 1. The van der Waals surface area contributed by atoms with Crippen LogP contribution >= 0.6 is 0 Å². The van der Waals surface area contributed by atoms with Crippen LogP contribution in [0.15, 0.2) is 12.1 Å². The van der Waals surface area contributed by atoms with Gasteiger partial charge in [-0.05, 0) is 44.4 Å². The Morgan fingerprint density at radius 3 is 2.15 bits per heavy atom. The van der Waals surface area contributed by atoms with Gasteiger partial charge in [-0.2, -0.15) is 4.72 Å². The van der Waals surface area contributed by atoms with Crippen LogP contribution in [-0.2, 0) is 19.6 Å². The van der Waals surface area contributed by atoms with Gasteiger partial charge in [-0.3, -0.25) is 0 Å². The number of hydrogen-bond acceptors (Lipinski definition) is 4. The Balaban J connectivity index is 3.34. The number of carbonyl (C=O) groups is 1. The molecule has 1 rings (SSSR count). The van der Waals surface area contributed by atoms with E-state index in [0.717, 1.165) is 22.9 Å². The Kier molecular flexibility index (Phi) is 5.30. The van der Waals surface area contributed by atoms with Crippen molar-refractivity contribution in [2.75, 3.05) is 12.9 Å². The fraction of sp³-hybridized carbons (Fsp3) is 0.500. The minimum atomic E-state index is -3.53. The van der Waals surface area contributed by atoms with Crippen LogP contribution in [0.2, 0.25) is 0 Å². The number of nitrogens with one attached hydrogen (secondary N) is 1. The summed E-state index contributed by atoms with van der Waals surface area (Å²) in [6, 6.07) is 2.82. The Morgan fingerprint density at radius 1 is 1.25 bits per heavy atom.